The van der Waals surface area contributed by atoms with Crippen molar-refractivity contribution in [2.75, 3.05) is 0 Å². The average Bonchev–Trinajstić information content (AvgIpc) is 3.17. The van der Waals surface area contributed by atoms with Crippen molar-refractivity contribution in [1.82, 2.24) is 9.55 Å². The molecule has 0 saturated carbocycles. The van der Waals surface area contributed by atoms with Gasteiger partial charge in [-0.2, -0.15) is 13.2 Å². The van der Waals surface area contributed by atoms with Crippen molar-refractivity contribution in [1.29, 1.82) is 0 Å². The summed E-state index contributed by atoms with van der Waals surface area (Å²) >= 11 is 0.897. The Bertz CT molecular complexity index is 1220. The van der Waals surface area contributed by atoms with Crippen molar-refractivity contribution in [2.45, 2.75) is 26.1 Å². The van der Waals surface area contributed by atoms with Crippen LogP contribution in [0.25, 0.3) is 21.9 Å². The first-order valence-corrected chi connectivity index (χ1v) is 9.14. The smallest absolute Gasteiger partial charge is 0.416 e. The Morgan fingerprint density at radius 1 is 1.32 bits per heavy atom. The monoisotopic (exact) mass is 406 g/mol. The molecule has 144 valence electrons. The molecule has 3 heterocycles. The molecule has 28 heavy (non-hydrogen) atoms. The van der Waals surface area contributed by atoms with E-state index in [1.54, 1.807) is 6.92 Å². The Hall–Kier alpha value is -2.94. The zero-order valence-electron chi connectivity index (χ0n) is 14.5. The van der Waals surface area contributed by atoms with Crippen LogP contribution in [0.2, 0.25) is 0 Å². The maximum absolute atomic E-state index is 13.3. The Morgan fingerprint density at radius 3 is 2.71 bits per heavy atom. The van der Waals surface area contributed by atoms with Crippen molar-refractivity contribution >= 4 is 39.2 Å². The van der Waals surface area contributed by atoms with Crippen LogP contribution in [-0.2, 0) is 12.7 Å². The lowest BCUT2D eigenvalue weighted by Gasteiger charge is -2.10. The molecule has 5 nitrogen and oxygen atoms in total. The number of fused-ring (bicyclic) bond motifs is 2. The van der Waals surface area contributed by atoms with E-state index in [-0.39, 0.29) is 38.6 Å². The van der Waals surface area contributed by atoms with Crippen LogP contribution >= 0.6 is 11.3 Å². The third-order valence-electron chi connectivity index (χ3n) is 4.73. The van der Waals surface area contributed by atoms with Crippen LogP contribution in [0.3, 0.4) is 0 Å². The molecule has 2 aromatic heterocycles. The molecule has 0 bridgehead atoms. The first-order valence-electron chi connectivity index (χ1n) is 8.33. The first-order chi connectivity index (χ1) is 13.2. The number of rotatable bonds is 2. The fraction of sp³-hybridized carbons (Fsp3) is 0.211. The summed E-state index contributed by atoms with van der Waals surface area (Å²) in [5, 5.41) is 9.53. The van der Waals surface area contributed by atoms with Gasteiger partial charge >= 0.3 is 12.1 Å². The predicted molar refractivity (Wildman–Crippen MR) is 99.5 cm³/mol. The number of benzene rings is 1. The van der Waals surface area contributed by atoms with Gasteiger partial charge in [0.2, 0.25) is 0 Å². The van der Waals surface area contributed by atoms with Crippen LogP contribution < -0.4 is 5.56 Å². The third kappa shape index (κ3) is 2.82. The number of thiophene rings is 1. The van der Waals surface area contributed by atoms with Gasteiger partial charge < -0.3 is 5.11 Å². The molecule has 1 aromatic carbocycles. The maximum atomic E-state index is 13.3. The standard InChI is InChI=1S/C19H13F3N2O3S/c1-9-13-16(28-14(9)18(26)27)23-15-11(6-7-24(15)17(13)25)8-10-4-2-3-5-12(10)19(20,21)22/h2-5,8H,6-7H2,1H3,(H,26,27). The molecule has 0 spiro atoms. The topological polar surface area (TPSA) is 72.2 Å². The minimum absolute atomic E-state index is 0.00128. The molecule has 1 aliphatic rings. The van der Waals surface area contributed by atoms with E-state index in [0.29, 0.717) is 17.6 Å². The van der Waals surface area contributed by atoms with Gasteiger partial charge in [-0.3, -0.25) is 9.36 Å². The van der Waals surface area contributed by atoms with Gasteiger partial charge in [-0.05, 0) is 42.2 Å². The molecule has 0 saturated heterocycles. The maximum Gasteiger partial charge on any atom is 0.416 e. The minimum atomic E-state index is -4.50. The van der Waals surface area contributed by atoms with Crippen LogP contribution in [0.4, 0.5) is 13.2 Å². The number of hydrogen-bond donors (Lipinski definition) is 1. The van der Waals surface area contributed by atoms with Crippen molar-refractivity contribution in [2.24, 2.45) is 0 Å². The zero-order chi connectivity index (χ0) is 20.2. The zero-order valence-corrected chi connectivity index (χ0v) is 15.3. The fourth-order valence-electron chi connectivity index (χ4n) is 3.42. The lowest BCUT2D eigenvalue weighted by atomic mass is 10.0. The number of alkyl halides is 3. The molecule has 0 radical (unpaired) electrons. The molecular formula is C19H13F3N2O3S. The summed E-state index contributed by atoms with van der Waals surface area (Å²) in [5.74, 6) is -0.854. The van der Waals surface area contributed by atoms with Crippen LogP contribution in [0, 0.1) is 6.92 Å². The van der Waals surface area contributed by atoms with E-state index in [4.69, 9.17) is 0 Å². The summed E-state index contributed by atoms with van der Waals surface area (Å²) in [5.41, 5.74) is -0.251. The Balaban J connectivity index is 1.91. The van der Waals surface area contributed by atoms with Gasteiger partial charge in [-0.1, -0.05) is 18.2 Å². The normalized spacial score (nSPS) is 15.4. The van der Waals surface area contributed by atoms with E-state index in [1.165, 1.54) is 28.8 Å². The van der Waals surface area contributed by atoms with Gasteiger partial charge in [0, 0.05) is 6.54 Å². The highest BCUT2D eigenvalue weighted by atomic mass is 32.1. The number of hydrogen-bond acceptors (Lipinski definition) is 4. The minimum Gasteiger partial charge on any atom is -0.477 e. The van der Waals surface area contributed by atoms with E-state index >= 15 is 0 Å². The number of aryl methyl sites for hydroxylation is 1. The van der Waals surface area contributed by atoms with E-state index in [9.17, 15) is 27.9 Å². The Kier molecular flexibility index (Phi) is 4.15. The number of allylic oxidation sites excluding steroid dienone is 1. The first kappa shape index (κ1) is 18.4. The van der Waals surface area contributed by atoms with Gasteiger partial charge in [-0.25, -0.2) is 9.78 Å². The highest BCUT2D eigenvalue weighted by Gasteiger charge is 2.33. The Morgan fingerprint density at radius 2 is 2.04 bits per heavy atom. The quantitative estimate of drug-likeness (QED) is 0.684. The number of nitrogens with zero attached hydrogens (tertiary/aromatic N) is 2. The van der Waals surface area contributed by atoms with Gasteiger partial charge in [0.25, 0.3) is 5.56 Å². The molecule has 3 aromatic rings. The van der Waals surface area contributed by atoms with Crippen molar-refractivity contribution in [3.63, 3.8) is 0 Å². The summed E-state index contributed by atoms with van der Waals surface area (Å²) in [4.78, 5) is 28.9. The summed E-state index contributed by atoms with van der Waals surface area (Å²) in [6, 6.07) is 5.21. The van der Waals surface area contributed by atoms with Crippen LogP contribution in [-0.4, -0.2) is 20.6 Å². The highest BCUT2D eigenvalue weighted by Crippen LogP contribution is 2.36. The van der Waals surface area contributed by atoms with Crippen molar-refractivity contribution in [3.05, 3.63) is 62.0 Å². The molecule has 9 heteroatoms. The number of aromatic carboxylic acids is 1. The van der Waals surface area contributed by atoms with Gasteiger partial charge in [0.15, 0.2) is 0 Å². The molecule has 0 fully saturated rings. The lowest BCUT2D eigenvalue weighted by Crippen LogP contribution is -2.20. The van der Waals surface area contributed by atoms with Crippen LogP contribution in [0.5, 0.6) is 0 Å². The number of aromatic nitrogens is 2. The summed E-state index contributed by atoms with van der Waals surface area (Å²) in [6.07, 6.45) is -2.72. The predicted octanol–water partition coefficient (Wildman–Crippen LogP) is 4.43. The Labute approximate surface area is 160 Å². The number of halogens is 3. The SMILES string of the molecule is Cc1c(C(=O)O)sc2nc3n(c(=O)c12)CCC3=Cc1ccccc1C(F)(F)F. The van der Waals surface area contributed by atoms with Crippen molar-refractivity contribution in [3.8, 4) is 0 Å². The van der Waals surface area contributed by atoms with E-state index in [0.717, 1.165) is 17.4 Å². The van der Waals surface area contributed by atoms with Crippen LogP contribution in [0.15, 0.2) is 29.1 Å². The second-order valence-corrected chi connectivity index (χ2v) is 7.44. The molecule has 1 N–H and O–H groups in total. The summed E-state index contributed by atoms with van der Waals surface area (Å²) < 4.78 is 41.2. The lowest BCUT2D eigenvalue weighted by molar-refractivity contribution is -0.137. The van der Waals surface area contributed by atoms with E-state index in [1.807, 2.05) is 0 Å². The second-order valence-electron chi connectivity index (χ2n) is 6.44. The van der Waals surface area contributed by atoms with Crippen molar-refractivity contribution < 1.29 is 23.1 Å². The van der Waals surface area contributed by atoms with E-state index in [2.05, 4.69) is 4.98 Å². The summed E-state index contributed by atoms with van der Waals surface area (Å²) in [6.45, 7) is 1.85. The van der Waals surface area contributed by atoms with E-state index < -0.39 is 17.7 Å². The average molecular weight is 406 g/mol. The second kappa shape index (κ2) is 6.30. The largest absolute Gasteiger partial charge is 0.477 e. The van der Waals surface area contributed by atoms with Gasteiger partial charge in [0.05, 0.1) is 10.9 Å². The molecule has 0 aliphatic carbocycles. The number of carboxylic acid groups (broad SMARTS) is 1. The number of carbonyl (C=O) groups is 1. The molecule has 0 amide bonds. The van der Waals surface area contributed by atoms with Gasteiger partial charge in [0.1, 0.15) is 15.5 Å². The summed E-state index contributed by atoms with van der Waals surface area (Å²) in [7, 11) is 0. The van der Waals surface area contributed by atoms with Gasteiger partial charge in [-0.15, -0.1) is 11.3 Å². The molecule has 0 unspecified atom stereocenters. The molecule has 1 aliphatic heterocycles. The highest BCUT2D eigenvalue weighted by molar-refractivity contribution is 7.20. The fourth-order valence-corrected chi connectivity index (χ4v) is 4.43. The van der Waals surface area contributed by atoms with Crippen LogP contribution in [0.1, 0.15) is 38.6 Å². The molecule has 0 atom stereocenters. The number of carboxylic acids is 1. The third-order valence-corrected chi connectivity index (χ3v) is 5.91. The molecular weight excluding hydrogens is 393 g/mol. The molecule has 4 rings (SSSR count).